The van der Waals surface area contributed by atoms with Crippen molar-refractivity contribution in [3.05, 3.63) is 82.9 Å². The fraction of sp³-hybridized carbons (Fsp3) is 0.208. The summed E-state index contributed by atoms with van der Waals surface area (Å²) in [5, 5.41) is 21.2. The van der Waals surface area contributed by atoms with Gasteiger partial charge >= 0.3 is 12.0 Å². The summed E-state index contributed by atoms with van der Waals surface area (Å²) in [6, 6.07) is 17.3. The van der Waals surface area contributed by atoms with Crippen LogP contribution in [-0.4, -0.2) is 47.0 Å². The Morgan fingerprint density at radius 1 is 0.943 bits per heavy atom. The number of thiazole rings is 1. The van der Waals surface area contributed by atoms with Crippen molar-refractivity contribution in [2.75, 3.05) is 18.4 Å². The Labute approximate surface area is 205 Å². The summed E-state index contributed by atoms with van der Waals surface area (Å²) in [4.78, 5) is 51.9. The molecule has 1 heterocycles. The first-order valence-electron chi connectivity index (χ1n) is 10.8. The quantitative estimate of drug-likeness (QED) is 0.276. The number of carboxylic acid groups (broad SMARTS) is 1. The van der Waals surface area contributed by atoms with E-state index >= 15 is 0 Å². The number of amides is 4. The van der Waals surface area contributed by atoms with Gasteiger partial charge in [-0.3, -0.25) is 19.7 Å². The summed E-state index contributed by atoms with van der Waals surface area (Å²) in [5.41, 5.74) is 1.79. The lowest BCUT2D eigenvalue weighted by molar-refractivity contribution is -0.137. The zero-order chi connectivity index (χ0) is 25.0. The van der Waals surface area contributed by atoms with Crippen LogP contribution in [0.4, 0.5) is 9.93 Å². The molecule has 3 aromatic rings. The molecule has 0 aliphatic carbocycles. The number of aromatic nitrogens is 1. The number of carbonyl (C=O) groups is 4. The SMILES string of the molecule is O=C(O)CC(NC(=O)CNC(=O)c1csc(NC(=O)NCCc2ccccc2)n1)c1ccccc1. The van der Waals surface area contributed by atoms with Gasteiger partial charge in [0.25, 0.3) is 5.91 Å². The van der Waals surface area contributed by atoms with Crippen molar-refractivity contribution in [1.82, 2.24) is 20.9 Å². The van der Waals surface area contributed by atoms with Crippen LogP contribution in [0.1, 0.15) is 34.1 Å². The largest absolute Gasteiger partial charge is 0.481 e. The molecule has 0 aliphatic rings. The van der Waals surface area contributed by atoms with E-state index in [0.717, 1.165) is 16.9 Å². The molecule has 35 heavy (non-hydrogen) atoms. The van der Waals surface area contributed by atoms with E-state index < -0.39 is 29.9 Å². The highest BCUT2D eigenvalue weighted by Crippen LogP contribution is 2.17. The average Bonchev–Trinajstić information content (AvgIpc) is 3.31. The Hall–Kier alpha value is -4.25. The number of carboxylic acids is 1. The fourth-order valence-electron chi connectivity index (χ4n) is 3.15. The number of benzene rings is 2. The number of urea groups is 1. The predicted octanol–water partition coefficient (Wildman–Crippen LogP) is 2.57. The van der Waals surface area contributed by atoms with Crippen molar-refractivity contribution >= 4 is 40.3 Å². The Morgan fingerprint density at radius 2 is 1.63 bits per heavy atom. The smallest absolute Gasteiger partial charge is 0.321 e. The third-order valence-corrected chi connectivity index (χ3v) is 5.58. The van der Waals surface area contributed by atoms with E-state index in [2.05, 4.69) is 26.3 Å². The van der Waals surface area contributed by atoms with Gasteiger partial charge in [0.2, 0.25) is 5.91 Å². The summed E-state index contributed by atoms with van der Waals surface area (Å²) in [6.45, 7) is 0.0809. The number of aliphatic carboxylic acids is 1. The molecule has 1 unspecified atom stereocenters. The van der Waals surface area contributed by atoms with Gasteiger partial charge in [0, 0.05) is 11.9 Å². The Balaban J connectivity index is 1.43. The first kappa shape index (κ1) is 25.4. The Kier molecular flexibility index (Phi) is 9.31. The molecule has 0 aliphatic heterocycles. The minimum Gasteiger partial charge on any atom is -0.481 e. The number of nitrogens with one attached hydrogen (secondary N) is 4. The second kappa shape index (κ2) is 12.8. The van der Waals surface area contributed by atoms with Crippen LogP contribution in [-0.2, 0) is 16.0 Å². The van der Waals surface area contributed by atoms with Crippen molar-refractivity contribution in [2.24, 2.45) is 0 Å². The molecule has 5 N–H and O–H groups in total. The highest BCUT2D eigenvalue weighted by molar-refractivity contribution is 7.14. The third-order valence-electron chi connectivity index (χ3n) is 4.82. The monoisotopic (exact) mass is 495 g/mol. The number of nitrogens with zero attached hydrogens (tertiary/aromatic N) is 1. The van der Waals surface area contributed by atoms with E-state index in [9.17, 15) is 19.2 Å². The van der Waals surface area contributed by atoms with Gasteiger partial charge in [-0.1, -0.05) is 60.7 Å². The summed E-state index contributed by atoms with van der Waals surface area (Å²) >= 11 is 1.08. The Morgan fingerprint density at radius 3 is 2.31 bits per heavy atom. The van der Waals surface area contributed by atoms with Gasteiger partial charge < -0.3 is 21.1 Å². The van der Waals surface area contributed by atoms with Crippen molar-refractivity contribution in [2.45, 2.75) is 18.9 Å². The van der Waals surface area contributed by atoms with E-state index in [1.54, 1.807) is 30.3 Å². The zero-order valence-corrected chi connectivity index (χ0v) is 19.5. The first-order chi connectivity index (χ1) is 16.9. The van der Waals surface area contributed by atoms with E-state index in [1.807, 2.05) is 30.3 Å². The molecule has 0 radical (unpaired) electrons. The minimum atomic E-state index is -1.06. The molecule has 0 fully saturated rings. The maximum atomic E-state index is 12.3. The van der Waals surface area contributed by atoms with Crippen molar-refractivity contribution < 1.29 is 24.3 Å². The van der Waals surface area contributed by atoms with E-state index in [0.29, 0.717) is 18.5 Å². The van der Waals surface area contributed by atoms with Crippen LogP contribution >= 0.6 is 11.3 Å². The van der Waals surface area contributed by atoms with Crippen LogP contribution in [0.3, 0.4) is 0 Å². The number of anilines is 1. The molecular formula is C24H25N5O5S. The summed E-state index contributed by atoms with van der Waals surface area (Å²) in [7, 11) is 0. The standard InChI is InChI=1S/C24H25N5O5S/c30-20(27-18(13-21(31)32)17-9-5-2-6-10-17)14-26-22(33)19-15-35-24(28-19)29-23(34)25-12-11-16-7-3-1-4-8-16/h1-10,15,18H,11-14H2,(H,26,33)(H,27,30)(H,31,32)(H2,25,28,29,34). The minimum absolute atomic E-state index is 0.0486. The molecule has 1 aromatic heterocycles. The average molecular weight is 496 g/mol. The number of carbonyl (C=O) groups excluding carboxylic acids is 3. The van der Waals surface area contributed by atoms with Gasteiger partial charge in [0.15, 0.2) is 5.13 Å². The van der Waals surface area contributed by atoms with Gasteiger partial charge in [-0.15, -0.1) is 11.3 Å². The molecule has 4 amide bonds. The Bertz CT molecular complexity index is 1150. The van der Waals surface area contributed by atoms with Crippen LogP contribution in [0, 0.1) is 0 Å². The van der Waals surface area contributed by atoms with Gasteiger partial charge in [0.1, 0.15) is 5.69 Å². The van der Waals surface area contributed by atoms with Crippen LogP contribution in [0.25, 0.3) is 0 Å². The molecule has 0 bridgehead atoms. The molecule has 0 saturated carbocycles. The van der Waals surface area contributed by atoms with Crippen molar-refractivity contribution in [3.63, 3.8) is 0 Å². The van der Waals surface area contributed by atoms with Crippen LogP contribution in [0.2, 0.25) is 0 Å². The van der Waals surface area contributed by atoms with E-state index in [-0.39, 0.29) is 23.8 Å². The number of hydrogen-bond donors (Lipinski definition) is 5. The predicted molar refractivity (Wildman–Crippen MR) is 131 cm³/mol. The van der Waals surface area contributed by atoms with Crippen LogP contribution in [0.5, 0.6) is 0 Å². The lowest BCUT2D eigenvalue weighted by Crippen LogP contribution is -2.39. The fourth-order valence-corrected chi connectivity index (χ4v) is 3.84. The highest BCUT2D eigenvalue weighted by Gasteiger charge is 2.19. The highest BCUT2D eigenvalue weighted by atomic mass is 32.1. The molecule has 0 spiro atoms. The summed E-state index contributed by atoms with van der Waals surface area (Å²) in [5.74, 6) is -2.20. The summed E-state index contributed by atoms with van der Waals surface area (Å²) in [6.07, 6.45) is 0.387. The summed E-state index contributed by atoms with van der Waals surface area (Å²) < 4.78 is 0. The van der Waals surface area contributed by atoms with E-state index in [4.69, 9.17) is 5.11 Å². The molecular weight excluding hydrogens is 470 g/mol. The van der Waals surface area contributed by atoms with Crippen LogP contribution < -0.4 is 21.3 Å². The molecule has 182 valence electrons. The van der Waals surface area contributed by atoms with Gasteiger partial charge in [0.05, 0.1) is 19.0 Å². The first-order valence-corrected chi connectivity index (χ1v) is 11.7. The normalized spacial score (nSPS) is 11.2. The zero-order valence-electron chi connectivity index (χ0n) is 18.7. The molecule has 3 rings (SSSR count). The molecule has 2 aromatic carbocycles. The third kappa shape index (κ3) is 8.55. The second-order valence-electron chi connectivity index (χ2n) is 7.47. The van der Waals surface area contributed by atoms with Crippen molar-refractivity contribution in [1.29, 1.82) is 0 Å². The van der Waals surface area contributed by atoms with Gasteiger partial charge in [-0.25, -0.2) is 9.78 Å². The van der Waals surface area contributed by atoms with Gasteiger partial charge in [-0.2, -0.15) is 0 Å². The van der Waals surface area contributed by atoms with E-state index in [1.165, 1.54) is 5.38 Å². The maximum Gasteiger partial charge on any atom is 0.321 e. The maximum absolute atomic E-state index is 12.3. The lowest BCUT2D eigenvalue weighted by atomic mass is 10.0. The topological polar surface area (TPSA) is 150 Å². The molecule has 10 nitrogen and oxygen atoms in total. The lowest BCUT2D eigenvalue weighted by Gasteiger charge is -2.17. The molecule has 1 atom stereocenters. The molecule has 11 heteroatoms. The molecule has 0 saturated heterocycles. The number of rotatable bonds is 11. The van der Waals surface area contributed by atoms with Crippen LogP contribution in [0.15, 0.2) is 66.0 Å². The number of hydrogen-bond acceptors (Lipinski definition) is 6. The second-order valence-corrected chi connectivity index (χ2v) is 8.32. The van der Waals surface area contributed by atoms with Crippen molar-refractivity contribution in [3.8, 4) is 0 Å². The van der Waals surface area contributed by atoms with Gasteiger partial charge in [-0.05, 0) is 17.5 Å².